The first-order chi connectivity index (χ1) is 9.86. The van der Waals surface area contributed by atoms with Crippen LogP contribution in [0.5, 0.6) is 0 Å². The van der Waals surface area contributed by atoms with Crippen LogP contribution < -0.4 is 5.73 Å². The van der Waals surface area contributed by atoms with Crippen LogP contribution in [0, 0.1) is 11.3 Å². The lowest BCUT2D eigenvalue weighted by Crippen LogP contribution is -2.52. The molecule has 0 aliphatic heterocycles. The summed E-state index contributed by atoms with van der Waals surface area (Å²) < 4.78 is 0. The zero-order valence-electron chi connectivity index (χ0n) is 13.9. The summed E-state index contributed by atoms with van der Waals surface area (Å²) in [6, 6.07) is 0.314. The van der Waals surface area contributed by atoms with Gasteiger partial charge in [-0.05, 0) is 38.5 Å². The van der Waals surface area contributed by atoms with Crippen LogP contribution in [0.1, 0.15) is 66.2 Å². The highest BCUT2D eigenvalue weighted by atomic mass is 16.4. The number of nitrogens with two attached hydrogens (primary N) is 1. The van der Waals surface area contributed by atoms with E-state index in [4.69, 9.17) is 10.9 Å². The van der Waals surface area contributed by atoms with E-state index in [2.05, 4.69) is 19.0 Å². The van der Waals surface area contributed by atoms with E-state index in [0.717, 1.165) is 25.8 Å². The van der Waals surface area contributed by atoms with Crippen molar-refractivity contribution >= 4 is 11.7 Å². The minimum absolute atomic E-state index is 0.00727. The van der Waals surface area contributed by atoms with Crippen molar-refractivity contribution < 1.29 is 10.0 Å². The molecule has 0 radical (unpaired) electrons. The van der Waals surface area contributed by atoms with Gasteiger partial charge in [0.05, 0.1) is 0 Å². The van der Waals surface area contributed by atoms with Crippen LogP contribution in [0.2, 0.25) is 0 Å². The Morgan fingerprint density at radius 3 is 2.43 bits per heavy atom. The smallest absolute Gasteiger partial charge is 0.236 e. The largest absolute Gasteiger partial charge is 0.409 e. The van der Waals surface area contributed by atoms with Crippen LogP contribution in [-0.4, -0.2) is 34.4 Å². The molecule has 1 rings (SSSR count). The number of hydrogen-bond donors (Lipinski definition) is 2. The molecule has 5 nitrogen and oxygen atoms in total. The number of hydrogen-bond acceptors (Lipinski definition) is 3. The molecule has 0 spiro atoms. The molecule has 1 fully saturated rings. The van der Waals surface area contributed by atoms with Crippen LogP contribution in [0.25, 0.3) is 0 Å². The highest BCUT2D eigenvalue weighted by Gasteiger charge is 2.41. The van der Waals surface area contributed by atoms with Gasteiger partial charge in [-0.2, -0.15) is 0 Å². The quantitative estimate of drug-likeness (QED) is 0.328. The summed E-state index contributed by atoms with van der Waals surface area (Å²) in [5.74, 6) is 0.578. The van der Waals surface area contributed by atoms with Crippen molar-refractivity contribution in [1.29, 1.82) is 0 Å². The Hall–Kier alpha value is -1.26. The first kappa shape index (κ1) is 17.8. The van der Waals surface area contributed by atoms with Gasteiger partial charge in [-0.1, -0.05) is 38.8 Å². The van der Waals surface area contributed by atoms with Gasteiger partial charge in [0.15, 0.2) is 5.84 Å². The van der Waals surface area contributed by atoms with Gasteiger partial charge < -0.3 is 15.8 Å². The van der Waals surface area contributed by atoms with Gasteiger partial charge in [0.25, 0.3) is 0 Å². The molecule has 0 aromatic carbocycles. The third-order valence-electron chi connectivity index (χ3n) is 4.83. The third kappa shape index (κ3) is 4.11. The number of nitrogens with zero attached hydrogens (tertiary/aromatic N) is 2. The van der Waals surface area contributed by atoms with E-state index in [0.29, 0.717) is 18.4 Å². The molecule has 1 amide bonds. The predicted molar refractivity (Wildman–Crippen MR) is 85.2 cm³/mol. The highest BCUT2D eigenvalue weighted by molar-refractivity contribution is 6.06. The van der Waals surface area contributed by atoms with Crippen molar-refractivity contribution in [3.63, 3.8) is 0 Å². The second-order valence-electron chi connectivity index (χ2n) is 6.79. The molecule has 21 heavy (non-hydrogen) atoms. The Balaban J connectivity index is 2.96. The summed E-state index contributed by atoms with van der Waals surface area (Å²) in [7, 11) is 0. The van der Waals surface area contributed by atoms with Crippen LogP contribution in [-0.2, 0) is 4.79 Å². The van der Waals surface area contributed by atoms with Crippen molar-refractivity contribution in [2.45, 2.75) is 72.3 Å². The molecule has 1 saturated carbocycles. The number of amidine groups is 1. The molecule has 0 bridgehead atoms. The maximum atomic E-state index is 13.1. The first-order valence-corrected chi connectivity index (χ1v) is 8.15. The predicted octanol–water partition coefficient (Wildman–Crippen LogP) is 2.97. The van der Waals surface area contributed by atoms with Gasteiger partial charge in [-0.25, -0.2) is 0 Å². The molecule has 1 aliphatic rings. The minimum Gasteiger partial charge on any atom is -0.409 e. The van der Waals surface area contributed by atoms with Gasteiger partial charge in [0.1, 0.15) is 5.41 Å². The average Bonchev–Trinajstić information content (AvgIpc) is 2.99. The summed E-state index contributed by atoms with van der Waals surface area (Å²) in [4.78, 5) is 15.0. The summed E-state index contributed by atoms with van der Waals surface area (Å²) >= 11 is 0. The second kappa shape index (κ2) is 7.66. The molecule has 1 unspecified atom stereocenters. The van der Waals surface area contributed by atoms with Gasteiger partial charge in [0.2, 0.25) is 5.91 Å². The standard InChI is InChI=1S/C16H31N3O2/c1-5-16(4,14(17)18-21)15(20)19(11-10-12(2)3)13-8-6-7-9-13/h12-13,21H,5-11H2,1-4H3,(H2,17,18). The molecule has 3 N–H and O–H groups in total. The summed E-state index contributed by atoms with van der Waals surface area (Å²) in [6.45, 7) is 8.78. The maximum Gasteiger partial charge on any atom is 0.236 e. The topological polar surface area (TPSA) is 78.9 Å². The van der Waals surface area contributed by atoms with Gasteiger partial charge in [-0.3, -0.25) is 4.79 Å². The van der Waals surface area contributed by atoms with E-state index in [1.54, 1.807) is 6.92 Å². The number of oxime groups is 1. The molecule has 1 atom stereocenters. The molecule has 122 valence electrons. The number of carbonyl (C=O) groups excluding carboxylic acids is 1. The third-order valence-corrected chi connectivity index (χ3v) is 4.83. The van der Waals surface area contributed by atoms with E-state index in [-0.39, 0.29) is 11.7 Å². The summed E-state index contributed by atoms with van der Waals surface area (Å²) in [5, 5.41) is 12.1. The Morgan fingerprint density at radius 2 is 2.00 bits per heavy atom. The Kier molecular flexibility index (Phi) is 6.49. The number of amides is 1. The molecule has 5 heteroatoms. The number of rotatable bonds is 7. The molecule has 0 aromatic rings. The first-order valence-electron chi connectivity index (χ1n) is 8.15. The van der Waals surface area contributed by atoms with E-state index >= 15 is 0 Å². The molecule has 0 aromatic heterocycles. The number of carbonyl (C=O) groups is 1. The van der Waals surface area contributed by atoms with Crippen molar-refractivity contribution in [3.8, 4) is 0 Å². The van der Waals surface area contributed by atoms with Crippen LogP contribution in [0.4, 0.5) is 0 Å². The fraction of sp³-hybridized carbons (Fsp3) is 0.875. The average molecular weight is 297 g/mol. The fourth-order valence-corrected chi connectivity index (χ4v) is 2.93. The lowest BCUT2D eigenvalue weighted by Gasteiger charge is -2.37. The van der Waals surface area contributed by atoms with E-state index < -0.39 is 5.41 Å². The van der Waals surface area contributed by atoms with Crippen molar-refractivity contribution in [2.24, 2.45) is 22.2 Å². The Labute approximate surface area is 128 Å². The maximum absolute atomic E-state index is 13.1. The SMILES string of the molecule is CCC(C)(C(=O)N(CCC(C)C)C1CCCC1)C(N)=NO. The van der Waals surface area contributed by atoms with Crippen molar-refractivity contribution in [2.75, 3.05) is 6.54 Å². The van der Waals surface area contributed by atoms with Crippen LogP contribution in [0.3, 0.4) is 0 Å². The van der Waals surface area contributed by atoms with Crippen LogP contribution >= 0.6 is 0 Å². The zero-order valence-corrected chi connectivity index (χ0v) is 13.9. The molecular formula is C16H31N3O2. The molecular weight excluding hydrogens is 266 g/mol. The zero-order chi connectivity index (χ0) is 16.0. The van der Waals surface area contributed by atoms with Gasteiger partial charge in [0, 0.05) is 12.6 Å². The van der Waals surface area contributed by atoms with E-state index in [1.165, 1.54) is 12.8 Å². The normalized spacial score (nSPS) is 19.8. The lowest BCUT2D eigenvalue weighted by molar-refractivity contribution is -0.140. The van der Waals surface area contributed by atoms with E-state index in [1.807, 2.05) is 11.8 Å². The molecule has 0 saturated heterocycles. The molecule has 0 heterocycles. The summed E-state index contributed by atoms with van der Waals surface area (Å²) in [5.41, 5.74) is 4.90. The highest BCUT2D eigenvalue weighted by Crippen LogP contribution is 2.31. The van der Waals surface area contributed by atoms with Gasteiger partial charge >= 0.3 is 0 Å². The van der Waals surface area contributed by atoms with Crippen molar-refractivity contribution in [1.82, 2.24) is 4.90 Å². The molecule has 1 aliphatic carbocycles. The fourth-order valence-electron chi connectivity index (χ4n) is 2.93. The lowest BCUT2D eigenvalue weighted by atomic mass is 9.83. The second-order valence-corrected chi connectivity index (χ2v) is 6.79. The minimum atomic E-state index is -0.908. The van der Waals surface area contributed by atoms with Crippen LogP contribution in [0.15, 0.2) is 5.16 Å². The Morgan fingerprint density at radius 1 is 1.43 bits per heavy atom. The Bertz CT molecular complexity index is 376. The summed E-state index contributed by atoms with van der Waals surface area (Å²) in [6.07, 6.45) is 6.02. The van der Waals surface area contributed by atoms with Crippen molar-refractivity contribution in [3.05, 3.63) is 0 Å². The van der Waals surface area contributed by atoms with E-state index in [9.17, 15) is 4.79 Å². The monoisotopic (exact) mass is 297 g/mol. The van der Waals surface area contributed by atoms with Gasteiger partial charge in [-0.15, -0.1) is 0 Å².